The van der Waals surface area contributed by atoms with Crippen LogP contribution in [-0.2, 0) is 4.79 Å². The number of aromatic nitrogens is 3. The Morgan fingerprint density at radius 3 is 2.11 bits per heavy atom. The zero-order chi connectivity index (χ0) is 25.2. The summed E-state index contributed by atoms with van der Waals surface area (Å²) < 4.78 is 2.57. The highest BCUT2D eigenvalue weighted by Crippen LogP contribution is 2.05. The Balaban J connectivity index is 1.50. The van der Waals surface area contributed by atoms with E-state index in [1.165, 1.54) is 27.8 Å². The molecule has 3 rings (SSSR count). The van der Waals surface area contributed by atoms with Gasteiger partial charge in [0.15, 0.2) is 0 Å². The lowest BCUT2D eigenvalue weighted by Crippen LogP contribution is -2.35. The number of H-pyrrole nitrogens is 1. The number of hydrogen-bond acceptors (Lipinski definition) is 5. The van der Waals surface area contributed by atoms with Gasteiger partial charge in [-0.05, 0) is 63.5 Å². The smallest absolute Gasteiger partial charge is 0.288 e. The molecule has 0 fully saturated rings. The maximum absolute atomic E-state index is 12.8. The van der Waals surface area contributed by atoms with Gasteiger partial charge in [-0.15, -0.1) is 0 Å². The van der Waals surface area contributed by atoms with Crippen LogP contribution < -0.4 is 21.5 Å². The van der Waals surface area contributed by atoms with Crippen LogP contribution in [0, 0.1) is 0 Å². The van der Waals surface area contributed by atoms with E-state index in [0.29, 0.717) is 12.2 Å². The Kier molecular flexibility index (Phi) is 8.84. The largest absolute Gasteiger partial charge is 0.357 e. The zero-order valence-electron chi connectivity index (χ0n) is 19.7. The molecular weight excluding hydrogens is 452 g/mol. The summed E-state index contributed by atoms with van der Waals surface area (Å²) in [5, 5.41) is 5.49. The van der Waals surface area contributed by atoms with Crippen molar-refractivity contribution in [1.29, 1.82) is 0 Å². The molecule has 5 N–H and O–H groups in total. The minimum Gasteiger partial charge on any atom is -0.357 e. The maximum atomic E-state index is 12.8. The molecule has 0 radical (unpaired) electrons. The number of rotatable bonds is 12. The molecule has 0 aromatic carbocycles. The molecule has 0 aliphatic heterocycles. The van der Waals surface area contributed by atoms with Crippen LogP contribution in [-0.4, -0.2) is 76.6 Å². The van der Waals surface area contributed by atoms with Crippen LogP contribution in [0.5, 0.6) is 0 Å². The SMILES string of the molecule is CN(C)CCCNC(=O)CCNC(=O)c1cccn1NC(=O)c1cccn1NC(=O)c1ccc[nH]1. The summed E-state index contributed by atoms with van der Waals surface area (Å²) in [5.74, 6) is -1.53. The second kappa shape index (κ2) is 12.2. The van der Waals surface area contributed by atoms with Gasteiger partial charge in [-0.1, -0.05) is 0 Å². The van der Waals surface area contributed by atoms with E-state index in [0.717, 1.165) is 13.0 Å². The van der Waals surface area contributed by atoms with Gasteiger partial charge in [-0.2, -0.15) is 0 Å². The summed E-state index contributed by atoms with van der Waals surface area (Å²) in [5.41, 5.74) is 5.93. The average Bonchev–Trinajstić information content (AvgIpc) is 3.58. The maximum Gasteiger partial charge on any atom is 0.288 e. The fraction of sp³-hybridized carbons (Fsp3) is 0.304. The third-order valence-corrected chi connectivity index (χ3v) is 4.99. The number of aromatic amines is 1. The van der Waals surface area contributed by atoms with Gasteiger partial charge in [0, 0.05) is 38.1 Å². The number of carbonyl (C=O) groups is 4. The first-order valence-electron chi connectivity index (χ1n) is 11.2. The average molecular weight is 483 g/mol. The summed E-state index contributed by atoms with van der Waals surface area (Å²) in [6, 6.07) is 9.60. The van der Waals surface area contributed by atoms with E-state index < -0.39 is 17.7 Å². The van der Waals surface area contributed by atoms with Gasteiger partial charge in [0.1, 0.15) is 17.1 Å². The number of nitrogens with one attached hydrogen (secondary N) is 5. The van der Waals surface area contributed by atoms with Crippen LogP contribution in [0.25, 0.3) is 0 Å². The Morgan fingerprint density at radius 1 is 0.829 bits per heavy atom. The fourth-order valence-electron chi connectivity index (χ4n) is 3.23. The van der Waals surface area contributed by atoms with Crippen molar-refractivity contribution in [3.63, 3.8) is 0 Å². The molecule has 0 saturated carbocycles. The topological polar surface area (TPSA) is 145 Å². The van der Waals surface area contributed by atoms with E-state index in [2.05, 4.69) is 26.5 Å². The summed E-state index contributed by atoms with van der Waals surface area (Å²) in [4.78, 5) is 54.4. The first-order chi connectivity index (χ1) is 16.8. The van der Waals surface area contributed by atoms with Crippen molar-refractivity contribution in [3.8, 4) is 0 Å². The van der Waals surface area contributed by atoms with E-state index in [9.17, 15) is 19.2 Å². The van der Waals surface area contributed by atoms with E-state index in [4.69, 9.17) is 0 Å². The van der Waals surface area contributed by atoms with Crippen LogP contribution in [0.15, 0.2) is 55.0 Å². The number of nitrogens with zero attached hydrogens (tertiary/aromatic N) is 3. The Labute approximate surface area is 202 Å². The van der Waals surface area contributed by atoms with Crippen LogP contribution in [0.2, 0.25) is 0 Å². The summed E-state index contributed by atoms with van der Waals surface area (Å²) in [6.07, 6.45) is 5.67. The zero-order valence-corrected chi connectivity index (χ0v) is 19.7. The lowest BCUT2D eigenvalue weighted by molar-refractivity contribution is -0.120. The van der Waals surface area contributed by atoms with Gasteiger partial charge in [-0.25, -0.2) is 0 Å². The molecule has 35 heavy (non-hydrogen) atoms. The lowest BCUT2D eigenvalue weighted by atomic mass is 10.3. The Hall–Kier alpha value is -4.32. The molecule has 12 nitrogen and oxygen atoms in total. The second-order valence-electron chi connectivity index (χ2n) is 8.01. The first kappa shape index (κ1) is 25.3. The standard InChI is InChI=1S/C23H30N8O4/c1-29(2)14-6-12-25-20(32)10-13-26-22(34)18-8-4-15-30(18)28-23(35)19-9-5-16-31(19)27-21(33)17-7-3-11-24-17/h3-5,7-9,11,15-16,24H,6,10,12-14H2,1-2H3,(H,25,32)(H,26,34)(H,27,33)(H,28,35). The first-order valence-corrected chi connectivity index (χ1v) is 11.2. The van der Waals surface area contributed by atoms with Crippen LogP contribution in [0.4, 0.5) is 0 Å². The van der Waals surface area contributed by atoms with Crippen LogP contribution in [0.3, 0.4) is 0 Å². The number of hydrogen-bond donors (Lipinski definition) is 5. The van der Waals surface area contributed by atoms with E-state index >= 15 is 0 Å². The summed E-state index contributed by atoms with van der Waals surface area (Å²) in [7, 11) is 3.94. The molecular formula is C23H30N8O4. The molecule has 4 amide bonds. The van der Waals surface area contributed by atoms with Crippen LogP contribution in [0.1, 0.15) is 44.3 Å². The van der Waals surface area contributed by atoms with Crippen molar-refractivity contribution in [2.45, 2.75) is 12.8 Å². The van der Waals surface area contributed by atoms with E-state index in [-0.39, 0.29) is 30.3 Å². The van der Waals surface area contributed by atoms with Gasteiger partial charge in [-0.3, -0.25) is 39.4 Å². The predicted octanol–water partition coefficient (Wildman–Crippen LogP) is 0.573. The third kappa shape index (κ3) is 7.33. The van der Waals surface area contributed by atoms with Gasteiger partial charge in [0.25, 0.3) is 17.7 Å². The molecule has 0 atom stereocenters. The summed E-state index contributed by atoms with van der Waals surface area (Å²) >= 11 is 0. The Morgan fingerprint density at radius 2 is 1.49 bits per heavy atom. The van der Waals surface area contributed by atoms with Crippen molar-refractivity contribution < 1.29 is 19.2 Å². The number of amides is 4. The fourth-order valence-corrected chi connectivity index (χ4v) is 3.23. The third-order valence-electron chi connectivity index (χ3n) is 4.99. The van der Waals surface area contributed by atoms with Crippen molar-refractivity contribution in [2.24, 2.45) is 0 Å². The molecule has 3 aromatic heterocycles. The van der Waals surface area contributed by atoms with E-state index in [1.807, 2.05) is 19.0 Å². The monoisotopic (exact) mass is 482 g/mol. The van der Waals surface area contributed by atoms with Crippen molar-refractivity contribution in [3.05, 3.63) is 72.1 Å². The normalized spacial score (nSPS) is 10.7. The van der Waals surface area contributed by atoms with Crippen molar-refractivity contribution in [1.82, 2.24) is 29.9 Å². The van der Waals surface area contributed by atoms with Gasteiger partial charge in [0.05, 0.1) is 0 Å². The Bertz CT molecular complexity index is 1150. The van der Waals surface area contributed by atoms with Crippen molar-refractivity contribution >= 4 is 23.6 Å². The molecule has 0 aliphatic carbocycles. The molecule has 0 bridgehead atoms. The highest BCUT2D eigenvalue weighted by Gasteiger charge is 2.17. The predicted molar refractivity (Wildman–Crippen MR) is 130 cm³/mol. The summed E-state index contributed by atoms with van der Waals surface area (Å²) in [6.45, 7) is 1.61. The molecule has 0 saturated heterocycles. The number of carbonyl (C=O) groups excluding carboxylic acids is 4. The lowest BCUT2D eigenvalue weighted by Gasteiger charge is -2.13. The minimum absolute atomic E-state index is 0.144. The molecule has 186 valence electrons. The van der Waals surface area contributed by atoms with E-state index in [1.54, 1.807) is 36.5 Å². The molecule has 0 aliphatic rings. The van der Waals surface area contributed by atoms with Gasteiger partial charge < -0.3 is 20.5 Å². The van der Waals surface area contributed by atoms with Crippen molar-refractivity contribution in [2.75, 3.05) is 44.6 Å². The molecule has 3 aromatic rings. The van der Waals surface area contributed by atoms with Gasteiger partial charge in [0.2, 0.25) is 5.91 Å². The molecule has 12 heteroatoms. The highest BCUT2D eigenvalue weighted by atomic mass is 16.2. The van der Waals surface area contributed by atoms with Gasteiger partial charge >= 0.3 is 0 Å². The second-order valence-corrected chi connectivity index (χ2v) is 8.01. The molecule has 0 unspecified atom stereocenters. The molecule has 0 spiro atoms. The van der Waals surface area contributed by atoms with Crippen LogP contribution >= 0.6 is 0 Å². The highest BCUT2D eigenvalue weighted by molar-refractivity contribution is 6.02. The minimum atomic E-state index is -0.538. The molecule has 3 heterocycles. The quantitative estimate of drug-likeness (QED) is 0.240.